The van der Waals surface area contributed by atoms with Crippen LogP contribution in [0.2, 0.25) is 5.02 Å². The molecular formula is C18H19BrClN3O. The minimum Gasteiger partial charge on any atom is -0.319 e. The van der Waals surface area contributed by atoms with E-state index >= 15 is 0 Å². The Labute approximate surface area is 155 Å². The molecule has 1 N–H and O–H groups in total. The smallest absolute Gasteiger partial charge is 0.274 e. The molecule has 0 atom stereocenters. The van der Waals surface area contributed by atoms with Crippen LogP contribution in [0.1, 0.15) is 35.5 Å². The molecule has 1 aromatic heterocycles. The Morgan fingerprint density at radius 2 is 2.17 bits per heavy atom. The molecule has 1 amide bonds. The van der Waals surface area contributed by atoms with Crippen molar-refractivity contribution in [2.75, 3.05) is 11.9 Å². The van der Waals surface area contributed by atoms with Gasteiger partial charge in [0.15, 0.2) is 0 Å². The second-order valence-electron chi connectivity index (χ2n) is 6.21. The molecule has 0 bridgehead atoms. The molecule has 0 fully saturated rings. The second kappa shape index (κ2) is 7.21. The predicted octanol–water partition coefficient (Wildman–Crippen LogP) is 4.52. The molecule has 3 rings (SSSR count). The van der Waals surface area contributed by atoms with Gasteiger partial charge in [0.05, 0.1) is 10.7 Å². The molecular weight excluding hydrogens is 390 g/mol. The van der Waals surface area contributed by atoms with Gasteiger partial charge in [-0.05, 0) is 65.5 Å². The van der Waals surface area contributed by atoms with Crippen molar-refractivity contribution < 1.29 is 4.79 Å². The van der Waals surface area contributed by atoms with Crippen molar-refractivity contribution in [3.8, 4) is 0 Å². The number of carbonyl (C=O) groups excluding carboxylic acids is 1. The number of nitrogens with one attached hydrogen (secondary N) is 1. The minimum absolute atomic E-state index is 0.246. The van der Waals surface area contributed by atoms with Gasteiger partial charge in [0, 0.05) is 29.8 Å². The first kappa shape index (κ1) is 17.4. The summed E-state index contributed by atoms with van der Waals surface area (Å²) in [6.45, 7) is 6.29. The van der Waals surface area contributed by atoms with E-state index in [0.717, 1.165) is 24.0 Å². The molecule has 0 spiro atoms. The Balaban J connectivity index is 1.78. The normalized spacial score (nSPS) is 14.5. The summed E-state index contributed by atoms with van der Waals surface area (Å²) in [6, 6.07) is 7.83. The van der Waals surface area contributed by atoms with E-state index in [1.807, 2.05) is 24.4 Å². The van der Waals surface area contributed by atoms with Gasteiger partial charge >= 0.3 is 0 Å². The van der Waals surface area contributed by atoms with Gasteiger partial charge in [0.1, 0.15) is 5.69 Å². The summed E-state index contributed by atoms with van der Waals surface area (Å²) < 4.78 is 0.745. The molecule has 2 aromatic rings. The van der Waals surface area contributed by atoms with Crippen molar-refractivity contribution >= 4 is 39.1 Å². The molecule has 24 heavy (non-hydrogen) atoms. The topological polar surface area (TPSA) is 45.2 Å². The maximum atomic E-state index is 12.5. The number of rotatable bonds is 3. The zero-order valence-corrected chi connectivity index (χ0v) is 16.0. The first-order valence-corrected chi connectivity index (χ1v) is 9.10. The zero-order valence-electron chi connectivity index (χ0n) is 13.6. The minimum atomic E-state index is -0.246. The third-order valence-corrected chi connectivity index (χ3v) is 5.58. The van der Waals surface area contributed by atoms with E-state index in [1.54, 1.807) is 6.07 Å². The van der Waals surface area contributed by atoms with Crippen molar-refractivity contribution in [3.05, 3.63) is 56.8 Å². The highest BCUT2D eigenvalue weighted by molar-refractivity contribution is 9.10. The fourth-order valence-electron chi connectivity index (χ4n) is 2.81. The number of anilines is 1. The molecule has 1 aromatic carbocycles. The highest BCUT2D eigenvalue weighted by Gasteiger charge is 2.20. The van der Waals surface area contributed by atoms with Crippen molar-refractivity contribution in [3.63, 3.8) is 0 Å². The van der Waals surface area contributed by atoms with E-state index in [9.17, 15) is 4.79 Å². The van der Waals surface area contributed by atoms with E-state index in [2.05, 4.69) is 45.0 Å². The van der Waals surface area contributed by atoms with Crippen molar-refractivity contribution in [1.29, 1.82) is 0 Å². The summed E-state index contributed by atoms with van der Waals surface area (Å²) >= 11 is 9.55. The van der Waals surface area contributed by atoms with E-state index in [-0.39, 0.29) is 5.91 Å². The van der Waals surface area contributed by atoms with Gasteiger partial charge in [-0.3, -0.25) is 14.7 Å². The number of halogens is 2. The molecule has 0 radical (unpaired) electrons. The van der Waals surface area contributed by atoms with Crippen LogP contribution in [-0.2, 0) is 13.0 Å². The number of carbonyl (C=O) groups is 1. The summed E-state index contributed by atoms with van der Waals surface area (Å²) in [5, 5.41) is 3.31. The van der Waals surface area contributed by atoms with Gasteiger partial charge in [-0.1, -0.05) is 17.7 Å². The van der Waals surface area contributed by atoms with Crippen LogP contribution in [0.15, 0.2) is 34.9 Å². The molecule has 2 heterocycles. The number of aromatic nitrogens is 1. The highest BCUT2D eigenvalue weighted by atomic mass is 79.9. The van der Waals surface area contributed by atoms with Crippen LogP contribution in [-0.4, -0.2) is 28.4 Å². The van der Waals surface area contributed by atoms with Gasteiger partial charge in [-0.15, -0.1) is 0 Å². The molecule has 0 unspecified atom stereocenters. The number of amides is 1. The van der Waals surface area contributed by atoms with Crippen molar-refractivity contribution in [1.82, 2.24) is 9.88 Å². The second-order valence-corrected chi connectivity index (χ2v) is 7.44. The number of fused-ring (bicyclic) bond motifs is 1. The lowest BCUT2D eigenvalue weighted by molar-refractivity contribution is 0.102. The van der Waals surface area contributed by atoms with Crippen LogP contribution in [0.25, 0.3) is 0 Å². The maximum Gasteiger partial charge on any atom is 0.274 e. The Bertz CT molecular complexity index is 779. The van der Waals surface area contributed by atoms with Crippen LogP contribution < -0.4 is 5.32 Å². The van der Waals surface area contributed by atoms with E-state index in [1.165, 1.54) is 11.1 Å². The van der Waals surface area contributed by atoms with Gasteiger partial charge in [0.25, 0.3) is 5.91 Å². The fraction of sp³-hybridized carbons (Fsp3) is 0.333. The number of benzene rings is 1. The van der Waals surface area contributed by atoms with Gasteiger partial charge in [-0.25, -0.2) is 0 Å². The standard InChI is InChI=1S/C18H19BrClN3O/c1-11(2)23-7-6-12-8-16(21-9-13(12)10-23)18(24)22-15-5-3-4-14(19)17(15)20/h3-5,8-9,11H,6-7,10H2,1-2H3,(H,22,24). The van der Waals surface area contributed by atoms with Crippen LogP contribution in [0.3, 0.4) is 0 Å². The van der Waals surface area contributed by atoms with E-state index in [0.29, 0.717) is 22.4 Å². The van der Waals surface area contributed by atoms with Gasteiger partial charge in [-0.2, -0.15) is 0 Å². The average molecular weight is 409 g/mol. The fourth-order valence-corrected chi connectivity index (χ4v) is 3.35. The van der Waals surface area contributed by atoms with Gasteiger partial charge < -0.3 is 5.32 Å². The Hall–Kier alpha value is -1.43. The SMILES string of the molecule is CC(C)N1CCc2cc(C(=O)Nc3cccc(Br)c3Cl)ncc2C1. The number of nitrogens with zero attached hydrogens (tertiary/aromatic N) is 2. The van der Waals surface area contributed by atoms with E-state index in [4.69, 9.17) is 11.6 Å². The molecule has 6 heteroatoms. The van der Waals surface area contributed by atoms with Crippen molar-refractivity contribution in [2.24, 2.45) is 0 Å². The summed E-state index contributed by atoms with van der Waals surface area (Å²) in [6.07, 6.45) is 2.76. The molecule has 0 saturated heterocycles. The lowest BCUT2D eigenvalue weighted by Crippen LogP contribution is -2.36. The third kappa shape index (κ3) is 3.63. The van der Waals surface area contributed by atoms with Crippen LogP contribution in [0, 0.1) is 0 Å². The predicted molar refractivity (Wildman–Crippen MR) is 101 cm³/mol. The largest absolute Gasteiger partial charge is 0.319 e. The number of pyridine rings is 1. The quantitative estimate of drug-likeness (QED) is 0.812. The molecule has 126 valence electrons. The summed E-state index contributed by atoms with van der Waals surface area (Å²) in [4.78, 5) is 19.2. The molecule has 1 aliphatic heterocycles. The number of hydrogen-bond acceptors (Lipinski definition) is 3. The molecule has 0 saturated carbocycles. The average Bonchev–Trinajstić information content (AvgIpc) is 2.57. The lowest BCUT2D eigenvalue weighted by Gasteiger charge is -2.31. The summed E-state index contributed by atoms with van der Waals surface area (Å²) in [5.74, 6) is -0.246. The Kier molecular flexibility index (Phi) is 5.23. The number of hydrogen-bond donors (Lipinski definition) is 1. The molecule has 1 aliphatic rings. The first-order valence-electron chi connectivity index (χ1n) is 7.93. The van der Waals surface area contributed by atoms with E-state index < -0.39 is 0 Å². The zero-order chi connectivity index (χ0) is 17.3. The monoisotopic (exact) mass is 407 g/mol. The first-order chi connectivity index (χ1) is 11.5. The lowest BCUT2D eigenvalue weighted by atomic mass is 10.00. The van der Waals surface area contributed by atoms with Crippen molar-refractivity contribution in [2.45, 2.75) is 32.9 Å². The maximum absolute atomic E-state index is 12.5. The van der Waals surface area contributed by atoms with Crippen LogP contribution in [0.4, 0.5) is 5.69 Å². The Morgan fingerprint density at radius 1 is 1.38 bits per heavy atom. The van der Waals surface area contributed by atoms with Crippen LogP contribution in [0.5, 0.6) is 0 Å². The molecule has 0 aliphatic carbocycles. The summed E-state index contributed by atoms with van der Waals surface area (Å²) in [7, 11) is 0. The van der Waals surface area contributed by atoms with Crippen LogP contribution >= 0.6 is 27.5 Å². The highest BCUT2D eigenvalue weighted by Crippen LogP contribution is 2.30. The Morgan fingerprint density at radius 3 is 2.92 bits per heavy atom. The van der Waals surface area contributed by atoms with Gasteiger partial charge in [0.2, 0.25) is 0 Å². The summed E-state index contributed by atoms with van der Waals surface area (Å²) in [5.41, 5.74) is 3.39. The third-order valence-electron chi connectivity index (χ3n) is 4.29. The molecule has 4 nitrogen and oxygen atoms in total.